The van der Waals surface area contributed by atoms with Crippen molar-refractivity contribution in [3.05, 3.63) is 48.0 Å². The Balaban J connectivity index is 1.35. The molecule has 2 heterocycles. The molecule has 0 aromatic heterocycles. The predicted molar refractivity (Wildman–Crippen MR) is 109 cm³/mol. The van der Waals surface area contributed by atoms with Gasteiger partial charge in [0.05, 0.1) is 18.2 Å². The molecule has 0 unspecified atom stereocenters. The van der Waals surface area contributed by atoms with Gasteiger partial charge in [0, 0.05) is 19.2 Å². The number of nitrogens with one attached hydrogen (secondary N) is 3. The fourth-order valence-electron chi connectivity index (χ4n) is 3.04. The second-order valence-corrected chi connectivity index (χ2v) is 8.49. The van der Waals surface area contributed by atoms with Crippen LogP contribution in [0.2, 0.25) is 0 Å². The molecule has 0 atom stereocenters. The minimum atomic E-state index is -3.79. The Hall–Kier alpha value is -3.31. The Bertz CT molecular complexity index is 1080. The third-order valence-corrected chi connectivity index (χ3v) is 5.81. The predicted octanol–water partition coefficient (Wildman–Crippen LogP) is 1.03. The van der Waals surface area contributed by atoms with Crippen molar-refractivity contribution < 1.29 is 22.7 Å². The van der Waals surface area contributed by atoms with E-state index in [-0.39, 0.29) is 23.6 Å². The first kappa shape index (κ1) is 20.0. The molecule has 158 valence electrons. The van der Waals surface area contributed by atoms with Crippen LogP contribution in [0.15, 0.2) is 52.4 Å². The summed E-state index contributed by atoms with van der Waals surface area (Å²) < 4.78 is 38.3. The van der Waals surface area contributed by atoms with Gasteiger partial charge in [0.15, 0.2) is 11.5 Å². The summed E-state index contributed by atoms with van der Waals surface area (Å²) in [7, 11) is -3.79. The number of rotatable bonds is 5. The van der Waals surface area contributed by atoms with Crippen molar-refractivity contribution in [3.63, 3.8) is 0 Å². The summed E-state index contributed by atoms with van der Waals surface area (Å²) in [5, 5.41) is 5.57. The van der Waals surface area contributed by atoms with Crippen LogP contribution in [0.3, 0.4) is 0 Å². The lowest BCUT2D eigenvalue weighted by Gasteiger charge is -2.27. The number of hydrogen-bond donors (Lipinski definition) is 3. The molecule has 0 saturated carbocycles. The Labute approximate surface area is 173 Å². The van der Waals surface area contributed by atoms with E-state index in [1.807, 2.05) is 23.1 Å². The largest absolute Gasteiger partial charge is 0.454 e. The van der Waals surface area contributed by atoms with Gasteiger partial charge in [-0.15, -0.1) is 0 Å². The van der Waals surface area contributed by atoms with Gasteiger partial charge in [-0.25, -0.2) is 18.1 Å². The minimum Gasteiger partial charge on any atom is -0.454 e. The molecule has 0 aliphatic carbocycles. The summed E-state index contributed by atoms with van der Waals surface area (Å²) in [4.78, 5) is 17.4. The van der Waals surface area contributed by atoms with Crippen LogP contribution in [0.4, 0.5) is 5.69 Å². The highest BCUT2D eigenvalue weighted by Gasteiger charge is 2.20. The average Bonchev–Trinajstić information content (AvgIpc) is 3.17. The zero-order valence-corrected chi connectivity index (χ0v) is 17.0. The van der Waals surface area contributed by atoms with Gasteiger partial charge in [0.1, 0.15) is 0 Å². The molecule has 10 nitrogen and oxygen atoms in total. The van der Waals surface area contributed by atoms with Crippen molar-refractivity contribution >= 4 is 27.6 Å². The van der Waals surface area contributed by atoms with E-state index in [1.165, 1.54) is 31.2 Å². The number of amides is 1. The number of hydrogen-bond acceptors (Lipinski definition) is 8. The fourth-order valence-corrected chi connectivity index (χ4v) is 4.05. The molecule has 30 heavy (non-hydrogen) atoms. The van der Waals surface area contributed by atoms with Gasteiger partial charge in [0.2, 0.25) is 18.7 Å². The van der Waals surface area contributed by atoms with Crippen molar-refractivity contribution in [2.45, 2.75) is 18.4 Å². The van der Waals surface area contributed by atoms with Gasteiger partial charge in [-0.3, -0.25) is 9.69 Å². The van der Waals surface area contributed by atoms with E-state index >= 15 is 0 Å². The molecular weight excluding hydrogens is 410 g/mol. The van der Waals surface area contributed by atoms with Gasteiger partial charge in [-0.05, 0) is 42.0 Å². The molecule has 0 fully saturated rings. The van der Waals surface area contributed by atoms with Crippen LogP contribution in [-0.4, -0.2) is 45.3 Å². The number of aliphatic imine (C=N–C) groups is 1. The van der Waals surface area contributed by atoms with Crippen LogP contribution in [-0.2, 0) is 21.4 Å². The molecule has 2 aromatic carbocycles. The smallest absolute Gasteiger partial charge is 0.264 e. The topological polar surface area (TPSA) is 121 Å². The molecule has 2 aliphatic rings. The second kappa shape index (κ2) is 8.20. The van der Waals surface area contributed by atoms with E-state index in [2.05, 4.69) is 20.3 Å². The van der Waals surface area contributed by atoms with Crippen LogP contribution in [0.1, 0.15) is 12.5 Å². The lowest BCUT2D eigenvalue weighted by molar-refractivity contribution is -0.114. The van der Waals surface area contributed by atoms with Crippen molar-refractivity contribution in [3.8, 4) is 11.5 Å². The standard InChI is InChI=1S/C19H21N5O5S/c1-13(25)22-15-3-5-16(6-4-15)30(26,27)23-19-20-10-24(11-21-19)9-14-2-7-17-18(8-14)29-12-28-17/h2-8H,9-12H2,1H3,(H,22,25)(H2,20,21,23). The quantitative estimate of drug-likeness (QED) is 0.646. The van der Waals surface area contributed by atoms with E-state index < -0.39 is 10.0 Å². The number of anilines is 1. The lowest BCUT2D eigenvalue weighted by Crippen LogP contribution is -2.49. The highest BCUT2D eigenvalue weighted by molar-refractivity contribution is 7.90. The summed E-state index contributed by atoms with van der Waals surface area (Å²) in [5.74, 6) is 1.41. The fraction of sp³-hybridized carbons (Fsp3) is 0.263. The summed E-state index contributed by atoms with van der Waals surface area (Å²) in [6.07, 6.45) is 0. The summed E-state index contributed by atoms with van der Waals surface area (Å²) in [6, 6.07) is 11.6. The van der Waals surface area contributed by atoms with E-state index in [0.29, 0.717) is 25.6 Å². The third kappa shape index (κ3) is 4.63. The molecule has 2 aromatic rings. The lowest BCUT2D eigenvalue weighted by atomic mass is 10.2. The van der Waals surface area contributed by atoms with Crippen LogP contribution >= 0.6 is 0 Å². The first-order chi connectivity index (χ1) is 14.4. The van der Waals surface area contributed by atoms with Gasteiger partial charge >= 0.3 is 0 Å². The van der Waals surface area contributed by atoms with Crippen LogP contribution < -0.4 is 24.8 Å². The monoisotopic (exact) mass is 431 g/mol. The molecule has 2 aliphatic heterocycles. The molecule has 0 radical (unpaired) electrons. The molecule has 11 heteroatoms. The number of nitrogens with zero attached hydrogens (tertiary/aromatic N) is 2. The van der Waals surface area contributed by atoms with Gasteiger partial charge in [-0.1, -0.05) is 6.07 Å². The Morgan fingerprint density at radius 3 is 2.63 bits per heavy atom. The zero-order chi connectivity index (χ0) is 21.1. The minimum absolute atomic E-state index is 0.0730. The Morgan fingerprint density at radius 1 is 1.17 bits per heavy atom. The Morgan fingerprint density at radius 2 is 1.93 bits per heavy atom. The molecule has 4 rings (SSSR count). The van der Waals surface area contributed by atoms with Crippen LogP contribution in [0.25, 0.3) is 0 Å². The highest BCUT2D eigenvalue weighted by Crippen LogP contribution is 2.32. The van der Waals surface area contributed by atoms with E-state index in [4.69, 9.17) is 9.47 Å². The normalized spacial score (nSPS) is 15.8. The number of benzene rings is 2. The van der Waals surface area contributed by atoms with E-state index in [1.54, 1.807) is 0 Å². The molecule has 3 N–H and O–H groups in total. The SMILES string of the molecule is CC(=O)Nc1ccc(S(=O)(=O)NC2=NCN(Cc3ccc4c(c3)OCO4)CN2)cc1. The molecule has 0 saturated heterocycles. The second-order valence-electron chi connectivity index (χ2n) is 6.81. The first-order valence-electron chi connectivity index (χ1n) is 9.19. The maximum absolute atomic E-state index is 12.6. The number of carbonyl (C=O) groups excluding carboxylic acids is 1. The maximum Gasteiger partial charge on any atom is 0.264 e. The highest BCUT2D eigenvalue weighted by atomic mass is 32.2. The number of sulfonamides is 1. The van der Waals surface area contributed by atoms with E-state index in [0.717, 1.165) is 17.1 Å². The van der Waals surface area contributed by atoms with Gasteiger partial charge < -0.3 is 20.1 Å². The average molecular weight is 431 g/mol. The van der Waals surface area contributed by atoms with Crippen LogP contribution in [0, 0.1) is 0 Å². The summed E-state index contributed by atoms with van der Waals surface area (Å²) >= 11 is 0. The molecule has 0 bridgehead atoms. The molecule has 1 amide bonds. The van der Waals surface area contributed by atoms with E-state index in [9.17, 15) is 13.2 Å². The first-order valence-corrected chi connectivity index (χ1v) is 10.7. The van der Waals surface area contributed by atoms with Crippen molar-refractivity contribution in [2.75, 3.05) is 25.4 Å². The number of ether oxygens (including phenoxy) is 2. The maximum atomic E-state index is 12.6. The van der Waals surface area contributed by atoms with Crippen molar-refractivity contribution in [1.82, 2.24) is 14.9 Å². The number of carbonyl (C=O) groups is 1. The van der Waals surface area contributed by atoms with Gasteiger partial charge in [-0.2, -0.15) is 0 Å². The molecule has 0 spiro atoms. The summed E-state index contributed by atoms with van der Waals surface area (Å²) in [6.45, 7) is 3.00. The zero-order valence-electron chi connectivity index (χ0n) is 16.2. The number of guanidine groups is 1. The Kier molecular flexibility index (Phi) is 5.46. The van der Waals surface area contributed by atoms with Crippen molar-refractivity contribution in [2.24, 2.45) is 4.99 Å². The van der Waals surface area contributed by atoms with Gasteiger partial charge in [0.25, 0.3) is 10.0 Å². The molecular formula is C19H21N5O5S. The third-order valence-electron chi connectivity index (χ3n) is 4.46. The summed E-state index contributed by atoms with van der Waals surface area (Å²) in [5.41, 5.74) is 1.56. The number of fused-ring (bicyclic) bond motifs is 1. The van der Waals surface area contributed by atoms with Crippen LogP contribution in [0.5, 0.6) is 11.5 Å². The van der Waals surface area contributed by atoms with Crippen molar-refractivity contribution in [1.29, 1.82) is 0 Å².